The highest BCUT2D eigenvalue weighted by Crippen LogP contribution is 2.55. The Bertz CT molecular complexity index is 1900. The zero-order valence-corrected chi connectivity index (χ0v) is 25.8. The number of anilines is 2. The fourth-order valence-electron chi connectivity index (χ4n) is 5.37. The van der Waals surface area contributed by atoms with E-state index in [1.807, 2.05) is 0 Å². The molecule has 3 heterocycles. The number of aromatic nitrogens is 1. The molecule has 0 radical (unpaired) electrons. The number of nitrogens with zero attached hydrogens (tertiary/aromatic N) is 2. The van der Waals surface area contributed by atoms with E-state index < -0.39 is 63.7 Å². The molecule has 3 unspecified atom stereocenters. The van der Waals surface area contributed by atoms with Gasteiger partial charge in [-0.2, -0.15) is 13.2 Å². The minimum absolute atomic E-state index is 0.134. The first-order valence-corrected chi connectivity index (χ1v) is 15.6. The molecule has 1 N–H and O–H groups in total. The van der Waals surface area contributed by atoms with E-state index in [0.717, 1.165) is 44.7 Å². The number of halogens is 6. The van der Waals surface area contributed by atoms with Gasteiger partial charge in [-0.3, -0.25) is 23.7 Å². The molecule has 15 heteroatoms. The highest BCUT2D eigenvalue weighted by atomic mass is 35.5. The van der Waals surface area contributed by atoms with Gasteiger partial charge in [-0.15, -0.1) is 0 Å². The number of amides is 3. The average molecular weight is 699 g/mol. The van der Waals surface area contributed by atoms with Gasteiger partial charge in [-0.25, -0.2) is 4.90 Å². The van der Waals surface area contributed by atoms with Crippen molar-refractivity contribution in [2.75, 3.05) is 10.2 Å². The first-order valence-electron chi connectivity index (χ1n) is 12.8. The number of hydrogen-bond acceptors (Lipinski definition) is 6. The highest BCUT2D eigenvalue weighted by molar-refractivity contribution is 8.00. The summed E-state index contributed by atoms with van der Waals surface area (Å²) in [7, 11) is 0. The Morgan fingerprint density at radius 3 is 2.32 bits per heavy atom. The minimum Gasteiger partial charge on any atom is -0.324 e. The van der Waals surface area contributed by atoms with Crippen molar-refractivity contribution in [3.8, 4) is 0 Å². The Hall–Kier alpha value is -3.29. The van der Waals surface area contributed by atoms with Crippen LogP contribution in [-0.2, 0) is 27.1 Å². The van der Waals surface area contributed by atoms with Crippen LogP contribution in [0.25, 0.3) is 0 Å². The molecule has 2 aliphatic rings. The van der Waals surface area contributed by atoms with Crippen molar-refractivity contribution in [3.05, 3.63) is 107 Å². The number of rotatable bonds is 5. The van der Waals surface area contributed by atoms with Gasteiger partial charge >= 0.3 is 11.0 Å². The maximum absolute atomic E-state index is 14.0. The van der Waals surface area contributed by atoms with E-state index in [9.17, 15) is 32.3 Å². The van der Waals surface area contributed by atoms with Crippen LogP contribution in [0, 0.1) is 5.92 Å². The zero-order valence-electron chi connectivity index (χ0n) is 21.9. The minimum atomic E-state index is -4.72. The maximum Gasteiger partial charge on any atom is 0.418 e. The Morgan fingerprint density at radius 2 is 1.61 bits per heavy atom. The topological polar surface area (TPSA) is 88.5 Å². The monoisotopic (exact) mass is 697 g/mol. The zero-order chi connectivity index (χ0) is 31.5. The summed E-state index contributed by atoms with van der Waals surface area (Å²) in [5.74, 6) is -3.82. The normalized spacial score (nSPS) is 19.6. The maximum atomic E-state index is 14.0. The number of carbonyl (C=O) groups is 3. The lowest BCUT2D eigenvalue weighted by atomic mass is 9.83. The molecule has 0 saturated carbocycles. The summed E-state index contributed by atoms with van der Waals surface area (Å²) >= 11 is 20.7. The highest BCUT2D eigenvalue weighted by Gasteiger charge is 2.57. The molecule has 1 fully saturated rings. The van der Waals surface area contributed by atoms with E-state index in [1.54, 1.807) is 30.3 Å². The number of thiazole rings is 1. The van der Waals surface area contributed by atoms with Gasteiger partial charge in [-0.05, 0) is 48.0 Å². The first kappa shape index (κ1) is 30.7. The SMILES string of the molecule is O=C(Cn1c2c(sc1=O)C(c1cccc(Cl)c1Cl)C1C(=O)N(c3ccc(Cl)cc3)C(=O)C1S2)Nc1ccccc1C(F)(F)F. The Balaban J connectivity index is 1.42. The largest absolute Gasteiger partial charge is 0.418 e. The molecular weight excluding hydrogens is 682 g/mol. The van der Waals surface area contributed by atoms with Gasteiger partial charge in [0.05, 0.1) is 37.9 Å². The Kier molecular flexibility index (Phi) is 8.08. The first-order chi connectivity index (χ1) is 20.9. The number of benzene rings is 3. The third kappa shape index (κ3) is 5.32. The molecule has 1 saturated heterocycles. The van der Waals surface area contributed by atoms with Crippen LogP contribution in [0.3, 0.4) is 0 Å². The number of hydrogen-bond donors (Lipinski definition) is 1. The molecule has 4 aromatic rings. The summed E-state index contributed by atoms with van der Waals surface area (Å²) in [6.07, 6.45) is -4.72. The number of para-hydroxylation sites is 1. The van der Waals surface area contributed by atoms with Gasteiger partial charge < -0.3 is 5.32 Å². The lowest BCUT2D eigenvalue weighted by Crippen LogP contribution is -2.33. The second-order valence-corrected chi connectivity index (χ2v) is 13.2. The van der Waals surface area contributed by atoms with E-state index in [1.165, 1.54) is 24.3 Å². The van der Waals surface area contributed by atoms with Crippen LogP contribution in [0.1, 0.15) is 21.9 Å². The molecule has 3 aromatic carbocycles. The van der Waals surface area contributed by atoms with Crippen LogP contribution < -0.4 is 15.1 Å². The van der Waals surface area contributed by atoms with E-state index in [-0.39, 0.29) is 15.1 Å². The lowest BCUT2D eigenvalue weighted by molar-refractivity contribution is -0.137. The Labute approximate surface area is 270 Å². The summed E-state index contributed by atoms with van der Waals surface area (Å²) < 4.78 is 41.6. The van der Waals surface area contributed by atoms with Gasteiger partial charge in [0.1, 0.15) is 11.8 Å². The number of thioether (sulfide) groups is 1. The third-order valence-corrected chi connectivity index (χ3v) is 10.9. The van der Waals surface area contributed by atoms with E-state index in [0.29, 0.717) is 21.2 Å². The van der Waals surface area contributed by atoms with Crippen molar-refractivity contribution in [2.24, 2.45) is 5.92 Å². The van der Waals surface area contributed by atoms with Crippen LogP contribution in [0.5, 0.6) is 0 Å². The smallest absolute Gasteiger partial charge is 0.324 e. The molecule has 226 valence electrons. The van der Waals surface area contributed by atoms with Crippen molar-refractivity contribution >= 4 is 87.0 Å². The van der Waals surface area contributed by atoms with Crippen molar-refractivity contribution in [3.63, 3.8) is 0 Å². The quantitative estimate of drug-likeness (QED) is 0.221. The predicted octanol–water partition coefficient (Wildman–Crippen LogP) is 7.32. The fraction of sp³-hybridized carbons (Fsp3) is 0.172. The van der Waals surface area contributed by atoms with Gasteiger partial charge in [0, 0.05) is 15.8 Å². The van der Waals surface area contributed by atoms with E-state index in [2.05, 4.69) is 5.32 Å². The number of fused-ring (bicyclic) bond motifs is 2. The van der Waals surface area contributed by atoms with E-state index >= 15 is 0 Å². The number of carbonyl (C=O) groups excluding carboxylic acids is 3. The number of alkyl halides is 3. The fourth-order valence-corrected chi connectivity index (χ4v) is 8.68. The van der Waals surface area contributed by atoms with Gasteiger partial charge in [0.15, 0.2) is 0 Å². The second kappa shape index (κ2) is 11.6. The summed E-state index contributed by atoms with van der Waals surface area (Å²) in [4.78, 5) is 55.0. The van der Waals surface area contributed by atoms with Gasteiger partial charge in [-0.1, -0.05) is 82.2 Å². The van der Waals surface area contributed by atoms with Crippen LogP contribution >= 0.6 is 57.9 Å². The molecule has 3 amide bonds. The van der Waals surface area contributed by atoms with Crippen molar-refractivity contribution in [1.82, 2.24) is 4.57 Å². The molecular formula is C29H17Cl3F3N3O4S2. The van der Waals surface area contributed by atoms with Crippen molar-refractivity contribution in [2.45, 2.75) is 28.9 Å². The molecule has 6 rings (SSSR count). The van der Waals surface area contributed by atoms with Crippen LogP contribution in [0.15, 0.2) is 76.6 Å². The average Bonchev–Trinajstić information content (AvgIpc) is 3.41. The van der Waals surface area contributed by atoms with Crippen LogP contribution in [-0.4, -0.2) is 27.5 Å². The van der Waals surface area contributed by atoms with Gasteiger partial charge in [0.2, 0.25) is 17.7 Å². The molecule has 0 spiro atoms. The van der Waals surface area contributed by atoms with Crippen molar-refractivity contribution in [1.29, 1.82) is 0 Å². The van der Waals surface area contributed by atoms with Gasteiger partial charge in [0.25, 0.3) is 0 Å². The molecule has 0 aliphatic carbocycles. The van der Waals surface area contributed by atoms with E-state index in [4.69, 9.17) is 34.8 Å². The summed E-state index contributed by atoms with van der Waals surface area (Å²) in [6.45, 7) is -0.639. The number of imide groups is 1. The standard InChI is InChI=1S/C29H17Cl3F3N3O4S2/c30-13-8-10-14(11-9-13)38-25(40)21-20(15-4-3-6-17(31)22(15)32)24-27(43-23(21)26(38)41)37(28(42)44-24)12-19(39)36-18-7-2-1-5-16(18)29(33,34)35/h1-11,20-21,23H,12H2,(H,36,39). The third-order valence-electron chi connectivity index (χ3n) is 7.26. The summed E-state index contributed by atoms with van der Waals surface area (Å²) in [5.41, 5.74) is -0.794. The molecule has 0 bridgehead atoms. The Morgan fingerprint density at radius 1 is 0.909 bits per heavy atom. The molecule has 2 aliphatic heterocycles. The van der Waals surface area contributed by atoms with Crippen LogP contribution in [0.4, 0.5) is 24.5 Å². The predicted molar refractivity (Wildman–Crippen MR) is 164 cm³/mol. The van der Waals surface area contributed by atoms with Crippen LogP contribution in [0.2, 0.25) is 15.1 Å². The number of nitrogens with one attached hydrogen (secondary N) is 1. The molecule has 3 atom stereocenters. The summed E-state index contributed by atoms with van der Waals surface area (Å²) in [6, 6.07) is 15.5. The molecule has 1 aromatic heterocycles. The second-order valence-electron chi connectivity index (χ2n) is 9.89. The summed E-state index contributed by atoms with van der Waals surface area (Å²) in [5, 5.41) is 2.20. The molecule has 7 nitrogen and oxygen atoms in total. The molecule has 44 heavy (non-hydrogen) atoms. The lowest BCUT2D eigenvalue weighted by Gasteiger charge is -2.31. The van der Waals surface area contributed by atoms with Crippen molar-refractivity contribution < 1.29 is 27.6 Å².